The van der Waals surface area contributed by atoms with Crippen LogP contribution in [0.5, 0.6) is 0 Å². The number of amides is 1. The summed E-state index contributed by atoms with van der Waals surface area (Å²) in [5.74, 6) is -1.97. The zero-order valence-electron chi connectivity index (χ0n) is 13.6. The van der Waals surface area contributed by atoms with Crippen LogP contribution in [-0.4, -0.2) is 16.9 Å². The number of hydrogen-bond acceptors (Lipinski definition) is 5. The summed E-state index contributed by atoms with van der Waals surface area (Å²) in [5.41, 5.74) is 6.87. The smallest absolute Gasteiger partial charge is 0.250 e. The minimum Gasteiger partial charge on any atom is -0.545 e. The Balaban J connectivity index is 1.55. The molecule has 1 aliphatic rings. The Kier molecular flexibility index (Phi) is 4.10. The highest BCUT2D eigenvalue weighted by Crippen LogP contribution is 2.38. The molecule has 6 heteroatoms. The Morgan fingerprint density at radius 3 is 2.73 bits per heavy atom. The number of aliphatic carboxylic acids is 1. The molecular weight excluding hydrogens is 348 g/mol. The fraction of sp³-hybridized carbons (Fsp3) is 0.0500. The summed E-state index contributed by atoms with van der Waals surface area (Å²) >= 11 is 1.29. The number of benzene rings is 2. The van der Waals surface area contributed by atoms with Crippen LogP contribution < -0.4 is 10.4 Å². The van der Waals surface area contributed by atoms with Crippen molar-refractivity contribution in [2.45, 2.75) is 6.42 Å². The number of carboxylic acid groups (broad SMARTS) is 1. The third-order valence-corrected chi connectivity index (χ3v) is 4.95. The van der Waals surface area contributed by atoms with Crippen molar-refractivity contribution in [1.82, 2.24) is 4.98 Å². The zero-order valence-corrected chi connectivity index (χ0v) is 14.4. The summed E-state index contributed by atoms with van der Waals surface area (Å²) in [5, 5.41) is 15.2. The molecule has 0 unspecified atom stereocenters. The van der Waals surface area contributed by atoms with E-state index in [0.717, 1.165) is 23.8 Å². The topological polar surface area (TPSA) is 82.1 Å². The number of carbonyl (C=O) groups excluding carboxylic acids is 2. The average Bonchev–Trinajstić information content (AvgIpc) is 3.23. The highest BCUT2D eigenvalue weighted by atomic mass is 32.1. The number of aromatic nitrogens is 1. The van der Waals surface area contributed by atoms with Gasteiger partial charge in [-0.3, -0.25) is 10.1 Å². The van der Waals surface area contributed by atoms with Gasteiger partial charge in [-0.15, -0.1) is 11.3 Å². The number of hydrogen-bond donors (Lipinski definition) is 1. The van der Waals surface area contributed by atoms with E-state index in [4.69, 9.17) is 0 Å². The Hall–Kier alpha value is -3.25. The van der Waals surface area contributed by atoms with E-state index in [1.807, 2.05) is 17.5 Å². The lowest BCUT2D eigenvalue weighted by Gasteiger charge is -2.03. The summed E-state index contributed by atoms with van der Waals surface area (Å²) in [6, 6.07) is 14.6. The van der Waals surface area contributed by atoms with Gasteiger partial charge in [-0.25, -0.2) is 4.98 Å². The molecule has 0 radical (unpaired) electrons. The van der Waals surface area contributed by atoms with Gasteiger partial charge in [-0.05, 0) is 40.8 Å². The van der Waals surface area contributed by atoms with E-state index < -0.39 is 11.9 Å². The maximum atomic E-state index is 11.6. The van der Waals surface area contributed by atoms with Gasteiger partial charge in [0.1, 0.15) is 0 Å². The van der Waals surface area contributed by atoms with E-state index >= 15 is 0 Å². The van der Waals surface area contributed by atoms with E-state index in [1.165, 1.54) is 33.6 Å². The first kappa shape index (κ1) is 16.2. The first-order chi connectivity index (χ1) is 12.6. The molecule has 0 saturated heterocycles. The van der Waals surface area contributed by atoms with Crippen molar-refractivity contribution in [3.05, 3.63) is 71.1 Å². The van der Waals surface area contributed by atoms with Crippen LogP contribution in [0.2, 0.25) is 0 Å². The molecule has 0 spiro atoms. The molecule has 1 aliphatic carbocycles. The third kappa shape index (κ3) is 3.14. The zero-order chi connectivity index (χ0) is 18.1. The molecule has 1 heterocycles. The van der Waals surface area contributed by atoms with Crippen molar-refractivity contribution < 1.29 is 14.7 Å². The lowest BCUT2D eigenvalue weighted by molar-refractivity contribution is -0.297. The van der Waals surface area contributed by atoms with Gasteiger partial charge in [-0.1, -0.05) is 36.4 Å². The predicted molar refractivity (Wildman–Crippen MR) is 98.6 cm³/mol. The van der Waals surface area contributed by atoms with E-state index in [2.05, 4.69) is 40.6 Å². The molecule has 0 bridgehead atoms. The molecule has 0 fully saturated rings. The Labute approximate surface area is 153 Å². The molecule has 4 rings (SSSR count). The lowest BCUT2D eigenvalue weighted by atomic mass is 10.0. The molecule has 1 aromatic heterocycles. The summed E-state index contributed by atoms with van der Waals surface area (Å²) in [7, 11) is 0. The second kappa shape index (κ2) is 6.57. The number of nitrogens with zero attached hydrogens (tertiary/aromatic N) is 1. The standard InChI is InChI=1S/C20H14N2O3S/c23-18(7-8-19(24)25)22-20-21-17(11-26-20)13-5-6-16-14(10-13)9-12-3-1-2-4-15(12)16/h1-8,10-11H,9H2,(H,24,25)(H,21,22,23)/p-1/b8-7+. The Bertz CT molecular complexity index is 1050. The predicted octanol–water partition coefficient (Wildman–Crippen LogP) is 2.63. The van der Waals surface area contributed by atoms with Gasteiger partial charge in [0.15, 0.2) is 5.13 Å². The first-order valence-corrected chi connectivity index (χ1v) is 8.85. The SMILES string of the molecule is O=C([O-])/C=C/C(=O)Nc1nc(-c2ccc3c(c2)Cc2ccccc2-3)cs1. The molecule has 3 aromatic rings. The normalized spacial score (nSPS) is 12.0. The van der Waals surface area contributed by atoms with E-state index in [-0.39, 0.29) is 0 Å². The summed E-state index contributed by atoms with van der Waals surface area (Å²) in [6.45, 7) is 0. The number of fused-ring (bicyclic) bond motifs is 3. The highest BCUT2D eigenvalue weighted by molar-refractivity contribution is 7.14. The number of carboxylic acids is 1. The lowest BCUT2D eigenvalue weighted by Crippen LogP contribution is -2.20. The van der Waals surface area contributed by atoms with Crippen LogP contribution in [-0.2, 0) is 16.0 Å². The Morgan fingerprint density at radius 2 is 1.88 bits per heavy atom. The van der Waals surface area contributed by atoms with Crippen LogP contribution >= 0.6 is 11.3 Å². The monoisotopic (exact) mass is 361 g/mol. The van der Waals surface area contributed by atoms with Crippen LogP contribution in [0.25, 0.3) is 22.4 Å². The third-order valence-electron chi connectivity index (χ3n) is 4.19. The van der Waals surface area contributed by atoms with Crippen LogP contribution in [0.15, 0.2) is 60.0 Å². The number of carbonyl (C=O) groups is 2. The van der Waals surface area contributed by atoms with Crippen molar-refractivity contribution in [1.29, 1.82) is 0 Å². The van der Waals surface area contributed by atoms with Gasteiger partial charge >= 0.3 is 0 Å². The van der Waals surface area contributed by atoms with Gasteiger partial charge in [0, 0.05) is 17.0 Å². The van der Waals surface area contributed by atoms with E-state index in [9.17, 15) is 14.7 Å². The average molecular weight is 361 g/mol. The summed E-state index contributed by atoms with van der Waals surface area (Å²) in [4.78, 5) is 26.4. The number of thiazole rings is 1. The second-order valence-electron chi connectivity index (χ2n) is 5.89. The molecule has 0 atom stereocenters. The van der Waals surface area contributed by atoms with Gasteiger partial charge in [-0.2, -0.15) is 0 Å². The van der Waals surface area contributed by atoms with Gasteiger partial charge in [0.05, 0.1) is 11.7 Å². The number of rotatable bonds is 4. The molecule has 0 saturated carbocycles. The second-order valence-corrected chi connectivity index (χ2v) is 6.74. The summed E-state index contributed by atoms with van der Waals surface area (Å²) in [6.07, 6.45) is 2.49. The molecule has 5 nitrogen and oxygen atoms in total. The molecule has 1 N–H and O–H groups in total. The Morgan fingerprint density at radius 1 is 1.08 bits per heavy atom. The van der Waals surface area contributed by atoms with Crippen molar-refractivity contribution in [3.63, 3.8) is 0 Å². The van der Waals surface area contributed by atoms with Crippen LogP contribution in [0.3, 0.4) is 0 Å². The van der Waals surface area contributed by atoms with Crippen molar-refractivity contribution in [3.8, 4) is 22.4 Å². The highest BCUT2D eigenvalue weighted by Gasteiger charge is 2.18. The quantitative estimate of drug-likeness (QED) is 0.567. The van der Waals surface area contributed by atoms with Crippen LogP contribution in [0.4, 0.5) is 5.13 Å². The molecule has 1 amide bonds. The van der Waals surface area contributed by atoms with E-state index in [1.54, 1.807) is 0 Å². The molecule has 2 aromatic carbocycles. The minimum absolute atomic E-state index is 0.414. The van der Waals surface area contributed by atoms with E-state index in [0.29, 0.717) is 11.2 Å². The fourth-order valence-corrected chi connectivity index (χ4v) is 3.78. The van der Waals surface area contributed by atoms with Crippen LogP contribution in [0.1, 0.15) is 11.1 Å². The molecule has 128 valence electrons. The number of nitrogens with one attached hydrogen (secondary N) is 1. The molecule has 0 aliphatic heterocycles. The van der Waals surface area contributed by atoms with Crippen molar-refractivity contribution in [2.24, 2.45) is 0 Å². The maximum Gasteiger partial charge on any atom is 0.250 e. The van der Waals surface area contributed by atoms with Crippen LogP contribution in [0, 0.1) is 0 Å². The van der Waals surface area contributed by atoms with Gasteiger partial charge in [0.2, 0.25) is 5.91 Å². The molecule has 26 heavy (non-hydrogen) atoms. The fourth-order valence-electron chi connectivity index (χ4n) is 3.06. The minimum atomic E-state index is -1.42. The number of anilines is 1. The summed E-state index contributed by atoms with van der Waals surface area (Å²) < 4.78 is 0. The van der Waals surface area contributed by atoms with Crippen molar-refractivity contribution in [2.75, 3.05) is 5.32 Å². The first-order valence-electron chi connectivity index (χ1n) is 7.97. The van der Waals surface area contributed by atoms with Crippen molar-refractivity contribution >= 4 is 28.3 Å². The van der Waals surface area contributed by atoms with Gasteiger partial charge < -0.3 is 9.90 Å². The van der Waals surface area contributed by atoms with Gasteiger partial charge in [0.25, 0.3) is 0 Å². The largest absolute Gasteiger partial charge is 0.545 e. The molecular formula is C20H13N2O3S-. The maximum absolute atomic E-state index is 11.6.